The Kier molecular flexibility index (Phi) is 4.93. The summed E-state index contributed by atoms with van der Waals surface area (Å²) in [6.45, 7) is 4.57. The van der Waals surface area contributed by atoms with Gasteiger partial charge in [-0.3, -0.25) is 9.59 Å². The molecule has 2 amide bonds. The van der Waals surface area contributed by atoms with Crippen molar-refractivity contribution < 1.29 is 9.59 Å². The lowest BCUT2D eigenvalue weighted by atomic mass is 10.1. The fraction of sp³-hybridized carbons (Fsp3) is 0.400. The molecule has 2 aliphatic heterocycles. The summed E-state index contributed by atoms with van der Waals surface area (Å²) in [5.74, 6) is 0.128. The molecule has 0 bridgehead atoms. The van der Waals surface area contributed by atoms with Gasteiger partial charge < -0.3 is 14.7 Å². The summed E-state index contributed by atoms with van der Waals surface area (Å²) in [6.07, 6.45) is 2.49. The van der Waals surface area contributed by atoms with E-state index in [1.807, 2.05) is 39.4 Å². The van der Waals surface area contributed by atoms with Gasteiger partial charge in [0, 0.05) is 50.5 Å². The van der Waals surface area contributed by atoms with E-state index >= 15 is 0 Å². The van der Waals surface area contributed by atoms with Crippen molar-refractivity contribution >= 4 is 28.8 Å². The van der Waals surface area contributed by atoms with Crippen LogP contribution in [0, 0.1) is 0 Å². The summed E-state index contributed by atoms with van der Waals surface area (Å²) in [7, 11) is 0. The quantitative estimate of drug-likeness (QED) is 0.836. The Balaban J connectivity index is 1.35. The first-order valence-corrected chi connectivity index (χ1v) is 10.1. The molecule has 2 saturated heterocycles. The summed E-state index contributed by atoms with van der Waals surface area (Å²) in [6, 6.07) is 11.7. The van der Waals surface area contributed by atoms with Gasteiger partial charge in [0.25, 0.3) is 11.8 Å². The van der Waals surface area contributed by atoms with Crippen LogP contribution < -0.4 is 4.90 Å². The molecule has 2 aromatic rings. The highest BCUT2D eigenvalue weighted by molar-refractivity contribution is 7.12. The average Bonchev–Trinajstić information content (AvgIpc) is 3.41. The molecule has 26 heavy (non-hydrogen) atoms. The van der Waals surface area contributed by atoms with Crippen LogP contribution in [0.15, 0.2) is 41.8 Å². The first-order valence-electron chi connectivity index (χ1n) is 9.19. The lowest BCUT2D eigenvalue weighted by molar-refractivity contribution is 0.0538. The van der Waals surface area contributed by atoms with Crippen LogP contribution in [-0.2, 0) is 0 Å². The molecular formula is C20H23N3O2S. The van der Waals surface area contributed by atoms with Gasteiger partial charge in [-0.25, -0.2) is 0 Å². The van der Waals surface area contributed by atoms with Crippen molar-refractivity contribution in [1.29, 1.82) is 0 Å². The molecule has 4 rings (SSSR count). The topological polar surface area (TPSA) is 43.9 Å². The Hall–Kier alpha value is -2.34. The molecule has 5 nitrogen and oxygen atoms in total. The Bertz CT molecular complexity index is 759. The smallest absolute Gasteiger partial charge is 0.264 e. The predicted molar refractivity (Wildman–Crippen MR) is 104 cm³/mol. The van der Waals surface area contributed by atoms with E-state index in [0.717, 1.165) is 23.5 Å². The number of amides is 2. The molecular weight excluding hydrogens is 346 g/mol. The molecule has 0 saturated carbocycles. The normalized spacial score (nSPS) is 17.6. The van der Waals surface area contributed by atoms with Gasteiger partial charge in [0.05, 0.1) is 4.88 Å². The van der Waals surface area contributed by atoms with E-state index in [9.17, 15) is 9.59 Å². The maximum absolute atomic E-state index is 12.7. The molecule has 0 N–H and O–H groups in total. The molecule has 2 aliphatic rings. The van der Waals surface area contributed by atoms with E-state index in [1.54, 1.807) is 0 Å². The van der Waals surface area contributed by atoms with Crippen molar-refractivity contribution in [3.05, 3.63) is 52.2 Å². The molecule has 0 atom stereocenters. The first kappa shape index (κ1) is 17.1. The van der Waals surface area contributed by atoms with E-state index in [0.29, 0.717) is 26.2 Å². The third kappa shape index (κ3) is 3.46. The molecule has 0 aliphatic carbocycles. The van der Waals surface area contributed by atoms with Gasteiger partial charge in [0.2, 0.25) is 0 Å². The second-order valence-electron chi connectivity index (χ2n) is 6.80. The number of hydrogen-bond donors (Lipinski definition) is 0. The van der Waals surface area contributed by atoms with Crippen LogP contribution in [0.1, 0.15) is 32.9 Å². The van der Waals surface area contributed by atoms with Gasteiger partial charge >= 0.3 is 0 Å². The fourth-order valence-corrected chi connectivity index (χ4v) is 4.33. The minimum absolute atomic E-state index is 0.0567. The molecule has 1 aromatic carbocycles. The fourth-order valence-electron chi connectivity index (χ4n) is 3.64. The maximum Gasteiger partial charge on any atom is 0.264 e. The van der Waals surface area contributed by atoms with Crippen LogP contribution in [0.2, 0.25) is 0 Å². The minimum Gasteiger partial charge on any atom is -0.372 e. The number of carbonyl (C=O) groups excluding carboxylic acids is 2. The number of hydrogen-bond acceptors (Lipinski definition) is 4. The number of carbonyl (C=O) groups is 2. The van der Waals surface area contributed by atoms with E-state index in [4.69, 9.17) is 0 Å². The van der Waals surface area contributed by atoms with Crippen molar-refractivity contribution in [3.63, 3.8) is 0 Å². The molecule has 2 fully saturated rings. The number of benzene rings is 1. The Labute approximate surface area is 157 Å². The SMILES string of the molecule is O=C(c1ccc(N2CCCC2)cc1)N1CCN(C(=O)c2cccs2)CC1. The third-order valence-electron chi connectivity index (χ3n) is 5.17. The summed E-state index contributed by atoms with van der Waals surface area (Å²) in [4.78, 5) is 32.0. The number of anilines is 1. The highest BCUT2D eigenvalue weighted by Crippen LogP contribution is 2.21. The van der Waals surface area contributed by atoms with Crippen molar-refractivity contribution in [2.75, 3.05) is 44.2 Å². The summed E-state index contributed by atoms with van der Waals surface area (Å²) < 4.78 is 0. The second-order valence-corrected chi connectivity index (χ2v) is 7.75. The van der Waals surface area contributed by atoms with E-state index in [2.05, 4.69) is 17.0 Å². The largest absolute Gasteiger partial charge is 0.372 e. The number of nitrogens with zero attached hydrogens (tertiary/aromatic N) is 3. The molecule has 3 heterocycles. The molecule has 0 radical (unpaired) electrons. The molecule has 0 spiro atoms. The van der Waals surface area contributed by atoms with Crippen LogP contribution in [0.4, 0.5) is 5.69 Å². The lowest BCUT2D eigenvalue weighted by Crippen LogP contribution is -2.50. The van der Waals surface area contributed by atoms with Crippen LogP contribution in [0.3, 0.4) is 0 Å². The van der Waals surface area contributed by atoms with Crippen molar-refractivity contribution in [2.24, 2.45) is 0 Å². The van der Waals surface area contributed by atoms with Crippen LogP contribution in [0.5, 0.6) is 0 Å². The zero-order valence-electron chi connectivity index (χ0n) is 14.8. The third-order valence-corrected chi connectivity index (χ3v) is 6.03. The van der Waals surface area contributed by atoms with E-state index in [-0.39, 0.29) is 11.8 Å². The van der Waals surface area contributed by atoms with Crippen molar-refractivity contribution in [2.45, 2.75) is 12.8 Å². The second kappa shape index (κ2) is 7.50. The summed E-state index contributed by atoms with van der Waals surface area (Å²) >= 11 is 1.46. The van der Waals surface area contributed by atoms with Gasteiger partial charge in [-0.2, -0.15) is 0 Å². The lowest BCUT2D eigenvalue weighted by Gasteiger charge is -2.34. The molecule has 0 unspecified atom stereocenters. The Morgan fingerprint density at radius 3 is 1.96 bits per heavy atom. The highest BCUT2D eigenvalue weighted by atomic mass is 32.1. The van der Waals surface area contributed by atoms with Gasteiger partial charge in [-0.05, 0) is 48.6 Å². The highest BCUT2D eigenvalue weighted by Gasteiger charge is 2.26. The standard InChI is InChI=1S/C20H23N3O2S/c24-19(16-5-7-17(8-6-16)21-9-1-2-10-21)22-11-13-23(14-12-22)20(25)18-4-3-15-26-18/h3-8,15H,1-2,9-14H2. The number of piperazine rings is 1. The number of thiophene rings is 1. The van der Waals surface area contributed by atoms with Gasteiger partial charge in [0.1, 0.15) is 0 Å². The first-order chi connectivity index (χ1) is 12.7. The summed E-state index contributed by atoms with van der Waals surface area (Å²) in [5, 5.41) is 1.92. The van der Waals surface area contributed by atoms with E-state index in [1.165, 1.54) is 29.9 Å². The summed E-state index contributed by atoms with van der Waals surface area (Å²) in [5.41, 5.74) is 1.93. The van der Waals surface area contributed by atoms with Crippen molar-refractivity contribution in [1.82, 2.24) is 9.80 Å². The molecule has 1 aromatic heterocycles. The van der Waals surface area contributed by atoms with Gasteiger partial charge in [-0.1, -0.05) is 6.07 Å². The average molecular weight is 369 g/mol. The Morgan fingerprint density at radius 1 is 0.769 bits per heavy atom. The monoisotopic (exact) mass is 369 g/mol. The zero-order valence-corrected chi connectivity index (χ0v) is 15.6. The molecule has 136 valence electrons. The van der Waals surface area contributed by atoms with Crippen LogP contribution in [-0.4, -0.2) is 60.9 Å². The minimum atomic E-state index is 0.0567. The number of rotatable bonds is 3. The predicted octanol–water partition coefficient (Wildman–Crippen LogP) is 2.95. The van der Waals surface area contributed by atoms with Crippen LogP contribution in [0.25, 0.3) is 0 Å². The van der Waals surface area contributed by atoms with Crippen molar-refractivity contribution in [3.8, 4) is 0 Å². The van der Waals surface area contributed by atoms with Gasteiger partial charge in [0.15, 0.2) is 0 Å². The van der Waals surface area contributed by atoms with E-state index < -0.39 is 0 Å². The maximum atomic E-state index is 12.7. The van der Waals surface area contributed by atoms with Gasteiger partial charge in [-0.15, -0.1) is 11.3 Å². The molecule has 6 heteroatoms. The van der Waals surface area contributed by atoms with Crippen LogP contribution >= 0.6 is 11.3 Å². The zero-order chi connectivity index (χ0) is 17.9. The Morgan fingerprint density at radius 2 is 1.38 bits per heavy atom.